The van der Waals surface area contributed by atoms with Gasteiger partial charge in [-0.25, -0.2) is 0 Å². The van der Waals surface area contributed by atoms with Gasteiger partial charge in [-0.15, -0.1) is 0 Å². The van der Waals surface area contributed by atoms with Crippen molar-refractivity contribution >= 4 is 34.8 Å². The topological polar surface area (TPSA) is 221 Å². The molecule has 0 radical (unpaired) electrons. The highest BCUT2D eigenvalue weighted by molar-refractivity contribution is 6.25. The first kappa shape index (κ1) is 31.5. The predicted octanol–water partition coefficient (Wildman–Crippen LogP) is 1.76. The molecule has 2 aromatic carbocycles. The number of aromatic hydroxyl groups is 1. The van der Waals surface area contributed by atoms with Gasteiger partial charge < -0.3 is 47.0 Å². The Balaban J connectivity index is 1.65. The largest absolute Gasteiger partial charge is 0.510 e. The van der Waals surface area contributed by atoms with Gasteiger partial charge in [0, 0.05) is 42.7 Å². The number of amides is 1. The van der Waals surface area contributed by atoms with Crippen molar-refractivity contribution in [1.29, 1.82) is 5.41 Å². The molecule has 1 unspecified atom stereocenters. The van der Waals surface area contributed by atoms with Gasteiger partial charge in [-0.3, -0.25) is 19.8 Å². The minimum atomic E-state index is -2.81. The number of guanidine groups is 1. The van der Waals surface area contributed by atoms with Gasteiger partial charge in [-0.2, -0.15) is 0 Å². The van der Waals surface area contributed by atoms with Gasteiger partial charge in [0.15, 0.2) is 23.1 Å². The number of allylic oxidation sites excluding steroid dienone is 1. The number of rotatable bonds is 6. The number of likely N-dealkylation sites (N-methyl/N-ethyl adjacent to an activating group) is 1. The van der Waals surface area contributed by atoms with E-state index in [-0.39, 0.29) is 35.6 Å². The minimum Gasteiger partial charge on any atom is -0.510 e. The van der Waals surface area contributed by atoms with Crippen LogP contribution in [0.15, 0.2) is 59.1 Å². The predicted molar refractivity (Wildman–Crippen MR) is 167 cm³/mol. The molecule has 0 saturated carbocycles. The molecule has 3 aliphatic carbocycles. The second-order valence-corrected chi connectivity index (χ2v) is 12.6. The first-order valence-corrected chi connectivity index (χ1v) is 14.4. The number of nitrogens with one attached hydrogen (secondary N) is 4. The standard InChI is InChI=1S/C32H38N6O7/c1-30-12-16-18(38(4)5)11-17(37-29(34)36-13-15-9-7-6-8-10-15)22(39)19(16)23(40)21(30)27(43)32(45)26(42)20(28(33)44)24(41)25(35-3)31(32,2)14-30/h6-11,25,35,39,41,43,45H,12-14H2,1-5H3,(H2,33,44)(H3,34,36,37)/t25?,30-,31-,32+/m0/s1. The molecule has 0 aliphatic heterocycles. The summed E-state index contributed by atoms with van der Waals surface area (Å²) in [4.78, 5) is 42.1. The second-order valence-electron chi connectivity index (χ2n) is 12.6. The molecule has 238 valence electrons. The van der Waals surface area contributed by atoms with Crippen LogP contribution in [-0.2, 0) is 22.6 Å². The molecule has 1 amide bonds. The van der Waals surface area contributed by atoms with Crippen molar-refractivity contribution in [2.45, 2.75) is 44.9 Å². The smallest absolute Gasteiger partial charge is 0.255 e. The fourth-order valence-corrected chi connectivity index (χ4v) is 7.51. The fourth-order valence-electron chi connectivity index (χ4n) is 7.51. The Morgan fingerprint density at radius 1 is 1.13 bits per heavy atom. The van der Waals surface area contributed by atoms with Crippen molar-refractivity contribution < 1.29 is 34.8 Å². The number of benzene rings is 2. The van der Waals surface area contributed by atoms with E-state index in [1.54, 1.807) is 32.0 Å². The lowest BCUT2D eigenvalue weighted by Crippen LogP contribution is -2.70. The summed E-state index contributed by atoms with van der Waals surface area (Å²) in [6.07, 6.45) is 0.0120. The number of anilines is 2. The normalized spacial score (nSPS) is 27.4. The van der Waals surface area contributed by atoms with Crippen molar-refractivity contribution in [3.05, 3.63) is 75.8 Å². The van der Waals surface area contributed by atoms with Crippen LogP contribution in [0, 0.1) is 16.2 Å². The first-order valence-electron chi connectivity index (χ1n) is 14.4. The van der Waals surface area contributed by atoms with Crippen molar-refractivity contribution in [2.75, 3.05) is 31.4 Å². The molecule has 13 heteroatoms. The van der Waals surface area contributed by atoms with Crippen LogP contribution in [0.3, 0.4) is 0 Å². The molecule has 10 N–H and O–H groups in total. The van der Waals surface area contributed by atoms with Gasteiger partial charge in [-0.1, -0.05) is 44.2 Å². The van der Waals surface area contributed by atoms with E-state index in [0.717, 1.165) is 5.56 Å². The highest BCUT2D eigenvalue weighted by Crippen LogP contribution is 2.63. The van der Waals surface area contributed by atoms with Crippen molar-refractivity contribution in [3.8, 4) is 5.75 Å². The van der Waals surface area contributed by atoms with E-state index in [4.69, 9.17) is 11.1 Å². The van der Waals surface area contributed by atoms with Crippen LogP contribution in [0.4, 0.5) is 11.4 Å². The monoisotopic (exact) mass is 618 g/mol. The minimum absolute atomic E-state index is 0.0484. The maximum absolute atomic E-state index is 14.4. The second kappa shape index (κ2) is 10.6. The number of primary amides is 1. The molecule has 3 aliphatic rings. The Kier molecular flexibility index (Phi) is 7.45. The fraction of sp³-hybridized carbons (Fsp3) is 0.375. The van der Waals surface area contributed by atoms with Crippen LogP contribution in [0.1, 0.15) is 41.8 Å². The molecular weight excluding hydrogens is 580 g/mol. The van der Waals surface area contributed by atoms with E-state index in [0.29, 0.717) is 17.8 Å². The molecule has 2 aromatic rings. The van der Waals surface area contributed by atoms with Crippen molar-refractivity contribution in [2.24, 2.45) is 16.6 Å². The maximum atomic E-state index is 14.4. The molecule has 5 rings (SSSR count). The molecule has 0 fully saturated rings. The van der Waals surface area contributed by atoms with Crippen molar-refractivity contribution in [1.82, 2.24) is 10.6 Å². The number of phenols is 1. The lowest BCUT2D eigenvalue weighted by atomic mass is 9.47. The SMILES string of the molecule is CNC1C(O)=C(C(N)=O)C(=O)[C@@]2(O)C(O)=C3C(=O)c4c(O)c(NC(=N)NCc5ccccc5)cc(N(C)C)c4C[C@@]3(C)C[C@@]12C. The van der Waals surface area contributed by atoms with E-state index < -0.39 is 62.8 Å². The summed E-state index contributed by atoms with van der Waals surface area (Å²) in [7, 11) is 4.98. The van der Waals surface area contributed by atoms with Crippen LogP contribution >= 0.6 is 0 Å². The maximum Gasteiger partial charge on any atom is 0.255 e. The van der Waals surface area contributed by atoms with Crippen LogP contribution in [0.25, 0.3) is 0 Å². The molecule has 0 heterocycles. The molecular formula is C32H38N6O7. The Labute approximate surface area is 259 Å². The third-order valence-electron chi connectivity index (χ3n) is 9.48. The summed E-state index contributed by atoms with van der Waals surface area (Å²) in [5.41, 5.74) is 0.444. The number of hydrogen-bond acceptors (Lipinski definition) is 10. The number of carbonyl (C=O) groups is 3. The number of hydrogen-bond donors (Lipinski definition) is 9. The summed E-state index contributed by atoms with van der Waals surface area (Å²) >= 11 is 0. The zero-order valence-electron chi connectivity index (χ0n) is 25.7. The van der Waals surface area contributed by atoms with E-state index >= 15 is 0 Å². The van der Waals surface area contributed by atoms with E-state index in [9.17, 15) is 34.8 Å². The Bertz CT molecular complexity index is 1720. The van der Waals surface area contributed by atoms with E-state index in [1.807, 2.05) is 30.3 Å². The third-order valence-corrected chi connectivity index (χ3v) is 9.48. The Hall–Kier alpha value is -4.88. The highest BCUT2D eigenvalue weighted by Gasteiger charge is 2.71. The number of aliphatic hydroxyl groups is 3. The van der Waals surface area contributed by atoms with Gasteiger partial charge in [-0.05, 0) is 37.1 Å². The van der Waals surface area contributed by atoms with E-state index in [2.05, 4.69) is 16.0 Å². The van der Waals surface area contributed by atoms with Crippen LogP contribution in [0.5, 0.6) is 5.75 Å². The number of phenolic OH excluding ortho intramolecular Hbond substituents is 1. The summed E-state index contributed by atoms with van der Waals surface area (Å²) in [5.74, 6) is -5.69. The quantitative estimate of drug-likeness (QED) is 0.0982. The average Bonchev–Trinajstić information content (AvgIpc) is 2.95. The summed E-state index contributed by atoms with van der Waals surface area (Å²) in [5, 5.41) is 63.2. The average molecular weight is 619 g/mol. The lowest BCUT2D eigenvalue weighted by molar-refractivity contribution is -0.163. The Morgan fingerprint density at radius 3 is 2.36 bits per heavy atom. The molecule has 4 atom stereocenters. The van der Waals surface area contributed by atoms with Crippen molar-refractivity contribution in [3.63, 3.8) is 0 Å². The number of ketones is 2. The molecule has 45 heavy (non-hydrogen) atoms. The summed E-state index contributed by atoms with van der Waals surface area (Å²) < 4.78 is 0. The molecule has 0 spiro atoms. The number of nitrogens with zero attached hydrogens (tertiary/aromatic N) is 1. The van der Waals surface area contributed by atoms with Gasteiger partial charge in [0.2, 0.25) is 5.78 Å². The van der Waals surface area contributed by atoms with E-state index in [1.165, 1.54) is 14.0 Å². The van der Waals surface area contributed by atoms with Gasteiger partial charge in [0.1, 0.15) is 17.1 Å². The summed E-state index contributed by atoms with van der Waals surface area (Å²) in [6.45, 7) is 3.52. The summed E-state index contributed by atoms with van der Waals surface area (Å²) in [6, 6.07) is 9.82. The number of Topliss-reactive ketones (excluding diaryl/α,β-unsaturated/α-hetero) is 2. The van der Waals surface area contributed by atoms with Gasteiger partial charge >= 0.3 is 0 Å². The van der Waals surface area contributed by atoms with Gasteiger partial charge in [0.25, 0.3) is 5.91 Å². The first-order chi connectivity index (χ1) is 21.0. The molecule has 13 nitrogen and oxygen atoms in total. The molecule has 0 aromatic heterocycles. The van der Waals surface area contributed by atoms with Crippen LogP contribution in [-0.4, -0.2) is 76.6 Å². The Morgan fingerprint density at radius 2 is 1.78 bits per heavy atom. The van der Waals surface area contributed by atoms with Gasteiger partial charge in [0.05, 0.1) is 17.3 Å². The van der Waals surface area contributed by atoms with Crippen LogP contribution in [0.2, 0.25) is 0 Å². The number of aliphatic hydroxyl groups excluding tert-OH is 2. The van der Waals surface area contributed by atoms with Crippen LogP contribution < -0.4 is 26.6 Å². The number of nitrogens with two attached hydrogens (primary N) is 1. The molecule has 0 bridgehead atoms. The zero-order valence-corrected chi connectivity index (χ0v) is 25.7. The third kappa shape index (κ3) is 4.45. The zero-order chi connectivity index (χ0) is 33.2. The number of carbonyl (C=O) groups excluding carboxylic acids is 3. The lowest BCUT2D eigenvalue weighted by Gasteiger charge is -2.58. The highest BCUT2D eigenvalue weighted by atomic mass is 16.4. The number of fused-ring (bicyclic) bond motifs is 3. The molecule has 0 saturated heterocycles.